The number of ether oxygens (including phenoxy) is 3. The molecule has 1 unspecified atom stereocenters. The second kappa shape index (κ2) is 12.1. The standard InChI is InChI=1S/C29H27ClN2O7S/c1-37-23-13-20(11-12-22(23)38-15-24(17-5-6-17)39-27(35)4-2-3-26(33)34)32-16-31-21-14-25(40-28(21)29(32)36)18-7-9-19(30)10-8-18/h7-14,16-17,24H,2-6,15H2,1H3,(H,33,34). The first-order valence-corrected chi connectivity index (χ1v) is 14.0. The molecule has 1 aliphatic rings. The molecule has 2 aromatic heterocycles. The summed E-state index contributed by atoms with van der Waals surface area (Å²) in [4.78, 5) is 41.7. The molecule has 4 aromatic rings. The molecule has 1 saturated carbocycles. The first-order valence-electron chi connectivity index (χ1n) is 12.8. The topological polar surface area (TPSA) is 117 Å². The van der Waals surface area contributed by atoms with Crippen LogP contribution >= 0.6 is 22.9 Å². The number of rotatable bonds is 12. The van der Waals surface area contributed by atoms with Gasteiger partial charge < -0.3 is 19.3 Å². The number of carboxylic acids is 1. The number of carbonyl (C=O) groups is 2. The number of nitrogens with zero attached hydrogens (tertiary/aromatic N) is 2. The number of benzene rings is 2. The molecule has 5 rings (SSSR count). The normalized spacial score (nSPS) is 13.7. The molecule has 0 bridgehead atoms. The molecule has 11 heteroatoms. The molecule has 0 radical (unpaired) electrons. The first kappa shape index (κ1) is 27.7. The van der Waals surface area contributed by atoms with Crippen molar-refractivity contribution in [3.8, 4) is 27.6 Å². The van der Waals surface area contributed by atoms with Crippen molar-refractivity contribution in [2.24, 2.45) is 5.92 Å². The lowest BCUT2D eigenvalue weighted by Crippen LogP contribution is -2.27. The van der Waals surface area contributed by atoms with Crippen molar-refractivity contribution in [2.75, 3.05) is 13.7 Å². The number of esters is 1. The monoisotopic (exact) mass is 582 g/mol. The van der Waals surface area contributed by atoms with E-state index in [0.29, 0.717) is 32.4 Å². The van der Waals surface area contributed by atoms with E-state index >= 15 is 0 Å². The Bertz CT molecular complexity index is 1590. The summed E-state index contributed by atoms with van der Waals surface area (Å²) >= 11 is 7.38. The Morgan fingerprint density at radius 2 is 1.90 bits per heavy atom. The summed E-state index contributed by atoms with van der Waals surface area (Å²) in [5, 5.41) is 9.40. The number of aromatic nitrogens is 2. The van der Waals surface area contributed by atoms with E-state index in [1.807, 2.05) is 30.3 Å². The summed E-state index contributed by atoms with van der Waals surface area (Å²) in [6.07, 6.45) is 3.14. The van der Waals surface area contributed by atoms with Gasteiger partial charge in [0.15, 0.2) is 11.5 Å². The number of halogens is 1. The summed E-state index contributed by atoms with van der Waals surface area (Å²) in [6, 6.07) is 14.5. The highest BCUT2D eigenvalue weighted by molar-refractivity contribution is 7.22. The van der Waals surface area contributed by atoms with E-state index in [2.05, 4.69) is 4.98 Å². The van der Waals surface area contributed by atoms with Crippen LogP contribution in [-0.4, -0.2) is 46.4 Å². The van der Waals surface area contributed by atoms with Crippen molar-refractivity contribution in [3.05, 3.63) is 70.2 Å². The Balaban J connectivity index is 1.31. The molecule has 1 fully saturated rings. The molecule has 0 amide bonds. The van der Waals surface area contributed by atoms with E-state index in [9.17, 15) is 14.4 Å². The van der Waals surface area contributed by atoms with Crippen LogP contribution in [0.15, 0.2) is 59.7 Å². The molecule has 208 valence electrons. The summed E-state index contributed by atoms with van der Waals surface area (Å²) in [5.41, 5.74) is 1.94. The molecule has 0 aliphatic heterocycles. The fourth-order valence-electron chi connectivity index (χ4n) is 4.30. The van der Waals surface area contributed by atoms with Gasteiger partial charge in [-0.1, -0.05) is 23.7 Å². The van der Waals surface area contributed by atoms with Gasteiger partial charge in [-0.2, -0.15) is 0 Å². The van der Waals surface area contributed by atoms with Gasteiger partial charge in [0, 0.05) is 28.8 Å². The van der Waals surface area contributed by atoms with Gasteiger partial charge in [-0.05, 0) is 61.1 Å². The van der Waals surface area contributed by atoms with Gasteiger partial charge in [-0.3, -0.25) is 19.0 Å². The number of fused-ring (bicyclic) bond motifs is 1. The highest BCUT2D eigenvalue weighted by atomic mass is 35.5. The maximum atomic E-state index is 13.4. The smallest absolute Gasteiger partial charge is 0.306 e. The zero-order valence-electron chi connectivity index (χ0n) is 21.7. The molecular weight excluding hydrogens is 556 g/mol. The van der Waals surface area contributed by atoms with Crippen LogP contribution in [0.4, 0.5) is 0 Å². The van der Waals surface area contributed by atoms with E-state index < -0.39 is 18.0 Å². The lowest BCUT2D eigenvalue weighted by Gasteiger charge is -2.19. The van der Waals surface area contributed by atoms with E-state index in [-0.39, 0.29) is 37.3 Å². The van der Waals surface area contributed by atoms with Gasteiger partial charge in [0.2, 0.25) is 0 Å². The maximum absolute atomic E-state index is 13.4. The van der Waals surface area contributed by atoms with Crippen LogP contribution in [0.2, 0.25) is 5.02 Å². The Morgan fingerprint density at radius 3 is 2.60 bits per heavy atom. The quantitative estimate of drug-likeness (QED) is 0.210. The minimum absolute atomic E-state index is 0.0477. The van der Waals surface area contributed by atoms with Gasteiger partial charge in [-0.25, -0.2) is 4.98 Å². The number of carboxylic acid groups (broad SMARTS) is 1. The van der Waals surface area contributed by atoms with Crippen LogP contribution in [0.5, 0.6) is 11.5 Å². The molecule has 1 atom stereocenters. The lowest BCUT2D eigenvalue weighted by molar-refractivity contribution is -0.152. The van der Waals surface area contributed by atoms with Gasteiger partial charge >= 0.3 is 11.9 Å². The van der Waals surface area contributed by atoms with E-state index in [0.717, 1.165) is 23.3 Å². The molecular formula is C29H27ClN2O7S. The average Bonchev–Trinajstić information content (AvgIpc) is 3.69. The number of hydrogen-bond donors (Lipinski definition) is 1. The first-order chi connectivity index (χ1) is 19.3. The van der Waals surface area contributed by atoms with Crippen molar-refractivity contribution >= 4 is 45.1 Å². The summed E-state index contributed by atoms with van der Waals surface area (Å²) in [5.74, 6) is -0.295. The molecule has 9 nitrogen and oxygen atoms in total. The maximum Gasteiger partial charge on any atom is 0.306 e. The second-order valence-corrected chi connectivity index (χ2v) is 11.0. The Kier molecular flexibility index (Phi) is 8.37. The predicted molar refractivity (Wildman–Crippen MR) is 152 cm³/mol. The van der Waals surface area contributed by atoms with E-state index in [1.54, 1.807) is 18.2 Å². The highest BCUT2D eigenvalue weighted by Crippen LogP contribution is 2.36. The van der Waals surface area contributed by atoms with Crippen LogP contribution in [0.25, 0.3) is 26.3 Å². The van der Waals surface area contributed by atoms with Gasteiger partial charge in [0.25, 0.3) is 5.56 Å². The van der Waals surface area contributed by atoms with Gasteiger partial charge in [0.05, 0.1) is 18.3 Å². The highest BCUT2D eigenvalue weighted by Gasteiger charge is 2.35. The minimum Gasteiger partial charge on any atom is -0.493 e. The Labute approximate surface area is 238 Å². The third-order valence-corrected chi connectivity index (χ3v) is 8.01. The van der Waals surface area contributed by atoms with Crippen LogP contribution in [-0.2, 0) is 14.3 Å². The van der Waals surface area contributed by atoms with Crippen molar-refractivity contribution in [3.63, 3.8) is 0 Å². The van der Waals surface area contributed by atoms with Crippen molar-refractivity contribution in [1.29, 1.82) is 0 Å². The molecule has 1 N–H and O–H groups in total. The SMILES string of the molecule is COc1cc(-n2cnc3cc(-c4ccc(Cl)cc4)sc3c2=O)ccc1OCC(OC(=O)CCCC(=O)O)C1CC1. The predicted octanol–water partition coefficient (Wildman–Crippen LogP) is 5.73. The second-order valence-electron chi connectivity index (χ2n) is 9.51. The Morgan fingerprint density at radius 1 is 1.12 bits per heavy atom. The minimum atomic E-state index is -0.943. The lowest BCUT2D eigenvalue weighted by atomic mass is 10.2. The average molecular weight is 583 g/mol. The molecule has 40 heavy (non-hydrogen) atoms. The summed E-state index contributed by atoms with van der Waals surface area (Å²) in [7, 11) is 1.51. The van der Waals surface area contributed by atoms with E-state index in [1.165, 1.54) is 29.3 Å². The van der Waals surface area contributed by atoms with E-state index in [4.69, 9.17) is 30.9 Å². The number of thiophene rings is 1. The van der Waals surface area contributed by atoms with Gasteiger partial charge in [-0.15, -0.1) is 11.3 Å². The third-order valence-electron chi connectivity index (χ3n) is 6.60. The van der Waals surface area contributed by atoms with Crippen LogP contribution in [0.3, 0.4) is 0 Å². The third kappa shape index (κ3) is 6.46. The fraction of sp³-hybridized carbons (Fsp3) is 0.310. The van der Waals surface area contributed by atoms with Crippen molar-refractivity contribution in [2.45, 2.75) is 38.2 Å². The zero-order chi connectivity index (χ0) is 28.2. The molecule has 2 heterocycles. The van der Waals surface area contributed by atoms with Crippen molar-refractivity contribution in [1.82, 2.24) is 9.55 Å². The fourth-order valence-corrected chi connectivity index (χ4v) is 5.47. The number of carbonyl (C=O) groups excluding carboxylic acids is 1. The largest absolute Gasteiger partial charge is 0.493 e. The summed E-state index contributed by atoms with van der Waals surface area (Å²) in [6.45, 7) is 0.140. The number of hydrogen-bond acceptors (Lipinski definition) is 8. The van der Waals surface area contributed by atoms with Crippen LogP contribution in [0.1, 0.15) is 32.1 Å². The molecule has 0 saturated heterocycles. The van der Waals surface area contributed by atoms with Crippen LogP contribution in [0, 0.1) is 5.92 Å². The Hall–Kier alpha value is -3.89. The van der Waals surface area contributed by atoms with Crippen molar-refractivity contribution < 1.29 is 28.9 Å². The van der Waals surface area contributed by atoms with Gasteiger partial charge in [0.1, 0.15) is 23.7 Å². The summed E-state index contributed by atoms with van der Waals surface area (Å²) < 4.78 is 19.1. The zero-order valence-corrected chi connectivity index (χ0v) is 23.2. The van der Waals surface area contributed by atoms with Crippen LogP contribution < -0.4 is 15.0 Å². The molecule has 1 aliphatic carbocycles. The molecule has 2 aromatic carbocycles. The number of methoxy groups -OCH3 is 1. The molecule has 0 spiro atoms. The number of aliphatic carboxylic acids is 1.